The fourth-order valence-electron chi connectivity index (χ4n) is 5.19. The molecule has 1 fully saturated rings. The first-order chi connectivity index (χ1) is 15.8. The van der Waals surface area contributed by atoms with Crippen LogP contribution in [0.25, 0.3) is 21.0 Å². The standard InChI is InChI=1S/C26H26N4OS/c31-26(20-11-6-8-18-7-4-5-9-19(18)20)30-15-13-29(14-16-30)24-23-21-10-2-1-3-12-22(21)32-25(23)28-17-27-24/h4-9,11,17H,1-3,10,12-16H2. The van der Waals surface area contributed by atoms with Gasteiger partial charge in [-0.3, -0.25) is 4.79 Å². The highest BCUT2D eigenvalue weighted by atomic mass is 32.1. The Morgan fingerprint density at radius 2 is 1.69 bits per heavy atom. The Bertz CT molecular complexity index is 1300. The Morgan fingerprint density at radius 3 is 2.59 bits per heavy atom. The Labute approximate surface area is 191 Å². The summed E-state index contributed by atoms with van der Waals surface area (Å²) in [4.78, 5) is 29.6. The minimum absolute atomic E-state index is 0.124. The highest BCUT2D eigenvalue weighted by molar-refractivity contribution is 7.18. The van der Waals surface area contributed by atoms with Gasteiger partial charge in [-0.05, 0) is 48.1 Å². The van der Waals surface area contributed by atoms with Gasteiger partial charge in [0.25, 0.3) is 5.91 Å². The molecule has 6 heteroatoms. The van der Waals surface area contributed by atoms with E-state index in [-0.39, 0.29) is 5.91 Å². The van der Waals surface area contributed by atoms with Crippen molar-refractivity contribution in [1.82, 2.24) is 14.9 Å². The predicted molar refractivity (Wildman–Crippen MR) is 131 cm³/mol. The normalized spacial score (nSPS) is 16.9. The van der Waals surface area contributed by atoms with Crippen molar-refractivity contribution in [2.24, 2.45) is 0 Å². The van der Waals surface area contributed by atoms with Crippen molar-refractivity contribution in [1.29, 1.82) is 0 Å². The van der Waals surface area contributed by atoms with Gasteiger partial charge in [0.2, 0.25) is 0 Å². The molecule has 0 saturated carbocycles. The summed E-state index contributed by atoms with van der Waals surface area (Å²) >= 11 is 1.85. The maximum absolute atomic E-state index is 13.3. The number of carbonyl (C=O) groups excluding carboxylic acids is 1. The van der Waals surface area contributed by atoms with E-state index in [1.807, 2.05) is 46.6 Å². The minimum Gasteiger partial charge on any atom is -0.352 e. The monoisotopic (exact) mass is 442 g/mol. The molecule has 1 amide bonds. The number of amides is 1. The van der Waals surface area contributed by atoms with E-state index in [1.54, 1.807) is 6.33 Å². The van der Waals surface area contributed by atoms with Gasteiger partial charge in [0.05, 0.1) is 5.39 Å². The molecule has 2 aromatic heterocycles. The van der Waals surface area contributed by atoms with E-state index >= 15 is 0 Å². The lowest BCUT2D eigenvalue weighted by Gasteiger charge is -2.36. The number of thiophene rings is 1. The highest BCUT2D eigenvalue weighted by Gasteiger charge is 2.27. The Kier molecular flexibility index (Phi) is 5.02. The maximum Gasteiger partial charge on any atom is 0.254 e. The van der Waals surface area contributed by atoms with Crippen molar-refractivity contribution in [3.63, 3.8) is 0 Å². The fourth-order valence-corrected chi connectivity index (χ4v) is 6.42. The van der Waals surface area contributed by atoms with Crippen molar-refractivity contribution < 1.29 is 4.79 Å². The number of fused-ring (bicyclic) bond motifs is 4. The van der Waals surface area contributed by atoms with Crippen LogP contribution in [0.2, 0.25) is 0 Å². The van der Waals surface area contributed by atoms with Gasteiger partial charge < -0.3 is 9.80 Å². The van der Waals surface area contributed by atoms with Gasteiger partial charge in [0.15, 0.2) is 0 Å². The summed E-state index contributed by atoms with van der Waals surface area (Å²) < 4.78 is 0. The van der Waals surface area contributed by atoms with E-state index in [1.165, 1.54) is 41.5 Å². The number of nitrogens with zero attached hydrogens (tertiary/aromatic N) is 4. The largest absolute Gasteiger partial charge is 0.352 e. The summed E-state index contributed by atoms with van der Waals surface area (Å²) in [6.45, 7) is 3.01. The molecular formula is C26H26N4OS. The fraction of sp³-hybridized carbons (Fsp3) is 0.346. The third-order valence-corrected chi connectivity index (χ3v) is 8.07. The second-order valence-corrected chi connectivity index (χ2v) is 9.83. The second-order valence-electron chi connectivity index (χ2n) is 8.75. The molecule has 0 spiro atoms. The Hall–Kier alpha value is -2.99. The summed E-state index contributed by atoms with van der Waals surface area (Å²) in [6, 6.07) is 14.1. The lowest BCUT2D eigenvalue weighted by Crippen LogP contribution is -2.49. The molecule has 162 valence electrons. The van der Waals surface area contributed by atoms with E-state index in [0.717, 1.165) is 46.5 Å². The average molecular weight is 443 g/mol. The van der Waals surface area contributed by atoms with Crippen molar-refractivity contribution >= 4 is 44.1 Å². The van der Waals surface area contributed by atoms with Crippen LogP contribution in [0.5, 0.6) is 0 Å². The first-order valence-corrected chi connectivity index (χ1v) is 12.4. The van der Waals surface area contributed by atoms with Crippen molar-refractivity contribution in [3.8, 4) is 0 Å². The van der Waals surface area contributed by atoms with E-state index in [0.29, 0.717) is 13.1 Å². The van der Waals surface area contributed by atoms with Crippen LogP contribution >= 0.6 is 11.3 Å². The third-order valence-electron chi connectivity index (χ3n) is 6.87. The minimum atomic E-state index is 0.124. The molecule has 5 nitrogen and oxygen atoms in total. The molecule has 3 heterocycles. The molecule has 6 rings (SSSR count). The van der Waals surface area contributed by atoms with Gasteiger partial charge in [-0.25, -0.2) is 9.97 Å². The lowest BCUT2D eigenvalue weighted by molar-refractivity contribution is 0.0748. The smallest absolute Gasteiger partial charge is 0.254 e. The predicted octanol–water partition coefficient (Wildman–Crippen LogP) is 5.08. The van der Waals surface area contributed by atoms with Gasteiger partial charge in [-0.1, -0.05) is 42.8 Å². The molecule has 32 heavy (non-hydrogen) atoms. The molecule has 2 aliphatic rings. The van der Waals surface area contributed by atoms with E-state index in [2.05, 4.69) is 22.0 Å². The van der Waals surface area contributed by atoms with Gasteiger partial charge in [-0.15, -0.1) is 11.3 Å². The number of rotatable bonds is 2. The summed E-state index contributed by atoms with van der Waals surface area (Å²) in [5, 5.41) is 3.41. The molecule has 4 aromatic rings. The zero-order valence-corrected chi connectivity index (χ0v) is 18.9. The molecular weight excluding hydrogens is 416 g/mol. The average Bonchev–Trinajstić information content (AvgIpc) is 3.04. The number of benzene rings is 2. The number of hydrogen-bond acceptors (Lipinski definition) is 5. The SMILES string of the molecule is O=C(c1cccc2ccccc12)N1CCN(c2ncnc3sc4c(c23)CCCCC4)CC1. The molecule has 1 aliphatic heterocycles. The highest BCUT2D eigenvalue weighted by Crippen LogP contribution is 2.39. The van der Waals surface area contributed by atoms with Crippen molar-refractivity contribution in [2.45, 2.75) is 32.1 Å². The van der Waals surface area contributed by atoms with Crippen LogP contribution in [0.15, 0.2) is 48.8 Å². The number of carbonyl (C=O) groups is 1. The number of hydrogen-bond donors (Lipinski definition) is 0. The van der Waals surface area contributed by atoms with Crippen LogP contribution in [0.3, 0.4) is 0 Å². The maximum atomic E-state index is 13.3. The van der Waals surface area contributed by atoms with Gasteiger partial charge in [0, 0.05) is 36.6 Å². The van der Waals surface area contributed by atoms with E-state index < -0.39 is 0 Å². The lowest BCUT2D eigenvalue weighted by atomic mass is 10.0. The van der Waals surface area contributed by atoms with Crippen LogP contribution in [0.1, 0.15) is 40.1 Å². The van der Waals surface area contributed by atoms with Gasteiger partial charge in [0.1, 0.15) is 17.0 Å². The number of anilines is 1. The summed E-state index contributed by atoms with van der Waals surface area (Å²) in [7, 11) is 0. The van der Waals surface area contributed by atoms with E-state index in [4.69, 9.17) is 4.98 Å². The summed E-state index contributed by atoms with van der Waals surface area (Å²) in [6.07, 6.45) is 7.85. The van der Waals surface area contributed by atoms with Crippen LogP contribution in [0.4, 0.5) is 5.82 Å². The van der Waals surface area contributed by atoms with Crippen LogP contribution in [-0.4, -0.2) is 47.0 Å². The summed E-state index contributed by atoms with van der Waals surface area (Å²) in [5.74, 6) is 1.19. The van der Waals surface area contributed by atoms with Crippen molar-refractivity contribution in [3.05, 3.63) is 64.8 Å². The topological polar surface area (TPSA) is 49.3 Å². The van der Waals surface area contributed by atoms with E-state index in [9.17, 15) is 4.79 Å². The zero-order valence-electron chi connectivity index (χ0n) is 18.1. The summed E-state index contributed by atoms with van der Waals surface area (Å²) in [5.41, 5.74) is 2.27. The first kappa shape index (κ1) is 19.7. The van der Waals surface area contributed by atoms with Crippen molar-refractivity contribution in [2.75, 3.05) is 31.1 Å². The van der Waals surface area contributed by atoms with Gasteiger partial charge >= 0.3 is 0 Å². The quantitative estimate of drug-likeness (QED) is 0.407. The molecule has 0 bridgehead atoms. The number of piperazine rings is 1. The Morgan fingerprint density at radius 1 is 0.875 bits per heavy atom. The van der Waals surface area contributed by atoms with Gasteiger partial charge in [-0.2, -0.15) is 0 Å². The molecule has 0 unspecified atom stereocenters. The second kappa shape index (κ2) is 8.17. The van der Waals surface area contributed by atoms with Crippen LogP contribution in [0, 0.1) is 0 Å². The Balaban J connectivity index is 1.26. The molecule has 0 radical (unpaired) electrons. The van der Waals surface area contributed by atoms with Crippen LogP contribution < -0.4 is 4.90 Å². The molecule has 2 aromatic carbocycles. The molecule has 0 atom stereocenters. The van der Waals surface area contributed by atoms with Crippen LogP contribution in [-0.2, 0) is 12.8 Å². The zero-order chi connectivity index (χ0) is 21.5. The first-order valence-electron chi connectivity index (χ1n) is 11.6. The third kappa shape index (κ3) is 3.34. The number of aryl methyl sites for hydroxylation is 2. The molecule has 1 aliphatic carbocycles. The number of aromatic nitrogens is 2. The molecule has 0 N–H and O–H groups in total. The molecule has 1 saturated heterocycles.